The van der Waals surface area contributed by atoms with Gasteiger partial charge in [0.2, 0.25) is 0 Å². The van der Waals surface area contributed by atoms with Crippen LogP contribution in [0.3, 0.4) is 0 Å². The molecule has 3 aromatic rings. The smallest absolute Gasteiger partial charge is 0.259 e. The number of rotatable bonds is 3. The van der Waals surface area contributed by atoms with Crippen LogP contribution in [0.2, 0.25) is 0 Å². The topological polar surface area (TPSA) is 37.6 Å². The molecule has 1 aliphatic carbocycles. The second-order valence-corrected chi connectivity index (χ2v) is 7.16. The molecule has 0 unspecified atom stereocenters. The first-order valence-corrected chi connectivity index (χ1v) is 8.73. The predicted octanol–water partition coefficient (Wildman–Crippen LogP) is 2.66. The molecule has 2 aromatic heterocycles. The standard InChI is InChI=1S/C18H19N3OS/c1-12-11-23-18-19-15(9-17(22)21(12)18)10-20(2)16-7-13-5-3-4-6-14(13)8-16/h3-6,9,11,16H,7-8,10H2,1-2H3. The summed E-state index contributed by atoms with van der Waals surface area (Å²) in [6, 6.07) is 10.8. The van der Waals surface area contributed by atoms with Crippen molar-refractivity contribution < 1.29 is 0 Å². The van der Waals surface area contributed by atoms with Crippen LogP contribution in [-0.4, -0.2) is 27.4 Å². The van der Waals surface area contributed by atoms with Gasteiger partial charge in [-0.25, -0.2) is 4.98 Å². The second kappa shape index (κ2) is 5.58. The first kappa shape index (κ1) is 14.6. The van der Waals surface area contributed by atoms with Crippen LogP contribution in [0, 0.1) is 6.92 Å². The van der Waals surface area contributed by atoms with Gasteiger partial charge in [0.05, 0.1) is 5.69 Å². The number of thiazole rings is 1. The highest BCUT2D eigenvalue weighted by molar-refractivity contribution is 7.15. The Labute approximate surface area is 139 Å². The summed E-state index contributed by atoms with van der Waals surface area (Å²) < 4.78 is 1.68. The molecular formula is C18H19N3OS. The molecule has 0 N–H and O–H groups in total. The van der Waals surface area contributed by atoms with Crippen molar-refractivity contribution in [2.45, 2.75) is 32.4 Å². The van der Waals surface area contributed by atoms with Gasteiger partial charge in [-0.1, -0.05) is 24.3 Å². The number of fused-ring (bicyclic) bond motifs is 2. The summed E-state index contributed by atoms with van der Waals surface area (Å²) >= 11 is 1.52. The normalized spacial score (nSPS) is 14.7. The van der Waals surface area contributed by atoms with E-state index in [1.54, 1.807) is 10.5 Å². The van der Waals surface area contributed by atoms with Crippen LogP contribution in [-0.2, 0) is 19.4 Å². The van der Waals surface area contributed by atoms with Crippen LogP contribution in [0.25, 0.3) is 4.96 Å². The molecule has 0 radical (unpaired) electrons. The van der Waals surface area contributed by atoms with Gasteiger partial charge in [-0.05, 0) is 37.9 Å². The van der Waals surface area contributed by atoms with E-state index in [-0.39, 0.29) is 5.56 Å². The highest BCUT2D eigenvalue weighted by Crippen LogP contribution is 2.25. The number of hydrogen-bond acceptors (Lipinski definition) is 4. The number of nitrogens with zero attached hydrogens (tertiary/aromatic N) is 3. The second-order valence-electron chi connectivity index (χ2n) is 6.33. The lowest BCUT2D eigenvalue weighted by Crippen LogP contribution is -2.32. The van der Waals surface area contributed by atoms with Gasteiger partial charge in [-0.15, -0.1) is 11.3 Å². The molecule has 0 spiro atoms. The molecule has 5 heteroatoms. The molecule has 1 aromatic carbocycles. The van der Waals surface area contributed by atoms with Crippen LogP contribution in [0.5, 0.6) is 0 Å². The summed E-state index contributed by atoms with van der Waals surface area (Å²) in [5.74, 6) is 0. The minimum absolute atomic E-state index is 0.0202. The number of aromatic nitrogens is 2. The van der Waals surface area contributed by atoms with Crippen molar-refractivity contribution in [3.8, 4) is 0 Å². The lowest BCUT2D eigenvalue weighted by Gasteiger charge is -2.23. The van der Waals surface area contributed by atoms with E-state index in [4.69, 9.17) is 0 Å². The molecule has 0 saturated carbocycles. The van der Waals surface area contributed by atoms with Gasteiger partial charge in [0.1, 0.15) is 0 Å². The third kappa shape index (κ3) is 2.60. The van der Waals surface area contributed by atoms with Gasteiger partial charge in [0, 0.05) is 29.7 Å². The van der Waals surface area contributed by atoms with Gasteiger partial charge in [0.15, 0.2) is 4.96 Å². The number of benzene rings is 1. The summed E-state index contributed by atoms with van der Waals surface area (Å²) in [7, 11) is 2.12. The molecule has 0 saturated heterocycles. The van der Waals surface area contributed by atoms with Gasteiger partial charge >= 0.3 is 0 Å². The van der Waals surface area contributed by atoms with Crippen molar-refractivity contribution in [3.63, 3.8) is 0 Å². The largest absolute Gasteiger partial charge is 0.297 e. The quantitative estimate of drug-likeness (QED) is 0.743. The molecule has 118 valence electrons. The molecule has 1 aliphatic rings. The Hall–Kier alpha value is -1.98. The van der Waals surface area contributed by atoms with Crippen LogP contribution < -0.4 is 5.56 Å². The molecule has 4 nitrogen and oxygen atoms in total. The van der Waals surface area contributed by atoms with Crippen LogP contribution in [0.4, 0.5) is 0 Å². The van der Waals surface area contributed by atoms with E-state index in [1.807, 2.05) is 12.3 Å². The average Bonchev–Trinajstić information content (AvgIpc) is 3.11. The molecule has 0 atom stereocenters. The fourth-order valence-corrected chi connectivity index (χ4v) is 4.30. The summed E-state index contributed by atoms with van der Waals surface area (Å²) in [4.78, 5) is 20.0. The van der Waals surface area contributed by atoms with Gasteiger partial charge in [-0.3, -0.25) is 14.1 Å². The maximum absolute atomic E-state index is 12.3. The highest BCUT2D eigenvalue weighted by Gasteiger charge is 2.24. The Morgan fingerprint density at radius 3 is 2.70 bits per heavy atom. The van der Waals surface area contributed by atoms with Gasteiger partial charge in [0.25, 0.3) is 5.56 Å². The summed E-state index contributed by atoms with van der Waals surface area (Å²) in [6.07, 6.45) is 2.15. The van der Waals surface area contributed by atoms with Crippen molar-refractivity contribution in [1.29, 1.82) is 0 Å². The minimum atomic E-state index is 0.0202. The van der Waals surface area contributed by atoms with Crippen molar-refractivity contribution in [2.24, 2.45) is 0 Å². The Kier molecular flexibility index (Phi) is 3.54. The van der Waals surface area contributed by atoms with Gasteiger partial charge < -0.3 is 0 Å². The fourth-order valence-electron chi connectivity index (χ4n) is 3.41. The molecular weight excluding hydrogens is 306 g/mol. The van der Waals surface area contributed by atoms with Crippen LogP contribution in [0.1, 0.15) is 22.5 Å². The molecule has 0 bridgehead atoms. The lowest BCUT2D eigenvalue weighted by molar-refractivity contribution is 0.238. The Balaban J connectivity index is 1.56. The molecule has 23 heavy (non-hydrogen) atoms. The van der Waals surface area contributed by atoms with Crippen molar-refractivity contribution in [1.82, 2.24) is 14.3 Å². The third-order valence-corrected chi connectivity index (χ3v) is 5.64. The summed E-state index contributed by atoms with van der Waals surface area (Å²) in [6.45, 7) is 2.65. The predicted molar refractivity (Wildman–Crippen MR) is 93.2 cm³/mol. The lowest BCUT2D eigenvalue weighted by atomic mass is 10.1. The average molecular weight is 325 g/mol. The zero-order valence-electron chi connectivity index (χ0n) is 13.3. The monoisotopic (exact) mass is 325 g/mol. The third-order valence-electron chi connectivity index (χ3n) is 4.69. The Bertz CT molecular complexity index is 902. The van der Waals surface area contributed by atoms with E-state index in [9.17, 15) is 4.79 Å². The van der Waals surface area contributed by atoms with Gasteiger partial charge in [-0.2, -0.15) is 0 Å². The zero-order valence-corrected chi connectivity index (χ0v) is 14.1. The first-order chi connectivity index (χ1) is 11.1. The number of aryl methyl sites for hydroxylation is 1. The summed E-state index contributed by atoms with van der Waals surface area (Å²) in [5.41, 5.74) is 4.72. The fraction of sp³-hybridized carbons (Fsp3) is 0.333. The SMILES string of the molecule is Cc1csc2nc(CN(C)C3Cc4ccccc4C3)cc(=O)n12. The number of hydrogen-bond donors (Lipinski definition) is 0. The van der Waals surface area contributed by atoms with E-state index < -0.39 is 0 Å². The maximum atomic E-state index is 12.3. The molecule has 0 amide bonds. The summed E-state index contributed by atoms with van der Waals surface area (Å²) in [5, 5.41) is 1.98. The van der Waals surface area contributed by atoms with Crippen molar-refractivity contribution in [2.75, 3.05) is 7.05 Å². The van der Waals surface area contributed by atoms with E-state index in [1.165, 1.54) is 22.5 Å². The van der Waals surface area contributed by atoms with Crippen LogP contribution in [0.15, 0.2) is 40.5 Å². The van der Waals surface area contributed by atoms with Crippen molar-refractivity contribution >= 4 is 16.3 Å². The number of likely N-dealkylation sites (N-methyl/N-ethyl adjacent to an activating group) is 1. The van der Waals surface area contributed by atoms with E-state index in [0.717, 1.165) is 29.2 Å². The maximum Gasteiger partial charge on any atom is 0.259 e. The Morgan fingerprint density at radius 1 is 1.30 bits per heavy atom. The zero-order chi connectivity index (χ0) is 16.0. The van der Waals surface area contributed by atoms with E-state index >= 15 is 0 Å². The highest BCUT2D eigenvalue weighted by atomic mass is 32.1. The van der Waals surface area contributed by atoms with E-state index in [0.29, 0.717) is 12.6 Å². The molecule has 4 rings (SSSR count). The van der Waals surface area contributed by atoms with Crippen LogP contribution >= 0.6 is 11.3 Å². The minimum Gasteiger partial charge on any atom is -0.297 e. The molecule has 0 aliphatic heterocycles. The first-order valence-electron chi connectivity index (χ1n) is 7.85. The molecule has 0 fully saturated rings. The Morgan fingerprint density at radius 2 is 2.00 bits per heavy atom. The molecule has 2 heterocycles. The van der Waals surface area contributed by atoms with Crippen molar-refractivity contribution in [3.05, 3.63) is 68.6 Å². The van der Waals surface area contributed by atoms with E-state index in [2.05, 4.69) is 41.2 Å².